The maximum Gasteiger partial charge on any atom is 0.231 e. The first-order valence-electron chi connectivity index (χ1n) is 20.5. The molecule has 0 saturated heterocycles. The van der Waals surface area contributed by atoms with Gasteiger partial charge in [-0.15, -0.1) is 18.3 Å². The summed E-state index contributed by atoms with van der Waals surface area (Å²) >= 11 is 1.76. The lowest BCUT2D eigenvalue weighted by Crippen LogP contribution is -2.64. The minimum absolute atomic E-state index is 0.0283. The van der Waals surface area contributed by atoms with E-state index in [2.05, 4.69) is 73.3 Å². The van der Waals surface area contributed by atoms with Gasteiger partial charge in [-0.05, 0) is 117 Å². The molecule has 1 fully saturated rings. The first-order valence-corrected chi connectivity index (χ1v) is 21.4. The van der Waals surface area contributed by atoms with Gasteiger partial charge in [0.1, 0.15) is 22.8 Å². The van der Waals surface area contributed by atoms with Crippen LogP contribution in [0.2, 0.25) is 0 Å². The summed E-state index contributed by atoms with van der Waals surface area (Å²) in [5.74, 6) is 1.37. The molecule has 0 aromatic heterocycles. The Labute approximate surface area is 342 Å². The Balaban J connectivity index is 1.37. The van der Waals surface area contributed by atoms with Crippen LogP contribution in [0.5, 0.6) is 17.2 Å². The van der Waals surface area contributed by atoms with Crippen LogP contribution in [-0.4, -0.2) is 52.4 Å². The number of unbranched alkanes of at least 4 members (excludes halogenated alkanes) is 2. The van der Waals surface area contributed by atoms with E-state index in [1.54, 1.807) is 11.8 Å². The molecule has 1 aliphatic heterocycles. The summed E-state index contributed by atoms with van der Waals surface area (Å²) in [6, 6.07) is 35.2. The van der Waals surface area contributed by atoms with E-state index in [0.717, 1.165) is 88.6 Å². The van der Waals surface area contributed by atoms with Crippen molar-refractivity contribution in [2.75, 3.05) is 19.8 Å². The van der Waals surface area contributed by atoms with Crippen molar-refractivity contribution in [3.63, 3.8) is 0 Å². The van der Waals surface area contributed by atoms with Crippen molar-refractivity contribution in [1.29, 1.82) is 0 Å². The molecule has 6 atom stereocenters. The predicted molar refractivity (Wildman–Crippen MR) is 230 cm³/mol. The van der Waals surface area contributed by atoms with Crippen molar-refractivity contribution in [1.82, 2.24) is 0 Å². The molecule has 8 heteroatoms. The number of aliphatic hydroxyl groups is 2. The molecule has 1 saturated carbocycles. The fraction of sp³-hybridized carbons (Fsp3) is 0.408. The molecule has 3 aliphatic rings. The number of allylic oxidation sites excluding steroid dienone is 1. The van der Waals surface area contributed by atoms with E-state index < -0.39 is 11.4 Å². The summed E-state index contributed by atoms with van der Waals surface area (Å²) in [5.41, 5.74) is 4.93. The first kappa shape index (κ1) is 40.8. The Morgan fingerprint density at radius 1 is 0.842 bits per heavy atom. The van der Waals surface area contributed by atoms with E-state index in [1.165, 1.54) is 0 Å². The molecule has 0 unspecified atom stereocenters. The van der Waals surface area contributed by atoms with Gasteiger partial charge in [-0.2, -0.15) is 0 Å². The number of nitrogens with zero attached hydrogens (tertiary/aromatic N) is 1. The summed E-state index contributed by atoms with van der Waals surface area (Å²) in [6.45, 7) is 10.8. The van der Waals surface area contributed by atoms with Gasteiger partial charge >= 0.3 is 0 Å². The van der Waals surface area contributed by atoms with E-state index in [0.29, 0.717) is 13.0 Å². The number of aliphatic hydroxyl groups excluding tert-OH is 2. The van der Waals surface area contributed by atoms with E-state index in [4.69, 9.17) is 24.2 Å². The van der Waals surface area contributed by atoms with Crippen LogP contribution in [0.25, 0.3) is 11.1 Å². The molecule has 7 rings (SSSR count). The molecule has 2 aliphatic carbocycles. The molecule has 4 aromatic rings. The molecule has 57 heavy (non-hydrogen) atoms. The lowest BCUT2D eigenvalue weighted by atomic mass is 9.56. The van der Waals surface area contributed by atoms with Crippen LogP contribution >= 0.6 is 11.8 Å². The minimum atomic E-state index is -1.06. The van der Waals surface area contributed by atoms with Crippen molar-refractivity contribution < 1.29 is 29.3 Å². The number of ether oxygens (including phenoxy) is 3. The van der Waals surface area contributed by atoms with E-state index >= 15 is 0 Å². The second-order valence-electron chi connectivity index (χ2n) is 16.4. The van der Waals surface area contributed by atoms with Gasteiger partial charge in [0.2, 0.25) is 5.79 Å². The molecule has 0 bridgehead atoms. The van der Waals surface area contributed by atoms with Crippen LogP contribution in [0.15, 0.2) is 137 Å². The van der Waals surface area contributed by atoms with Gasteiger partial charge in [0.15, 0.2) is 0 Å². The second kappa shape index (κ2) is 18.5. The van der Waals surface area contributed by atoms with Crippen molar-refractivity contribution in [3.05, 3.63) is 133 Å². The second-order valence-corrected chi connectivity index (χ2v) is 17.6. The van der Waals surface area contributed by atoms with Gasteiger partial charge in [-0.3, -0.25) is 0 Å². The zero-order valence-electron chi connectivity index (χ0n) is 33.5. The summed E-state index contributed by atoms with van der Waals surface area (Å²) in [4.78, 5) is 7.37. The lowest BCUT2D eigenvalue weighted by molar-refractivity contribution is -0.223. The lowest BCUT2D eigenvalue weighted by Gasteiger charge is -2.58. The van der Waals surface area contributed by atoms with Crippen LogP contribution in [0.1, 0.15) is 77.2 Å². The predicted octanol–water partition coefficient (Wildman–Crippen LogP) is 11.4. The highest BCUT2D eigenvalue weighted by Crippen LogP contribution is 2.63. The van der Waals surface area contributed by atoms with Gasteiger partial charge in [-0.1, -0.05) is 90.8 Å². The fourth-order valence-electron chi connectivity index (χ4n) is 8.83. The number of hydrogen-bond donors (Lipinski definition) is 2. The van der Waals surface area contributed by atoms with Gasteiger partial charge in [0, 0.05) is 36.0 Å². The Morgan fingerprint density at radius 2 is 1.51 bits per heavy atom. The molecule has 0 radical (unpaired) electrons. The van der Waals surface area contributed by atoms with Crippen LogP contribution in [-0.2, 0) is 9.57 Å². The molecule has 7 nitrogen and oxygen atoms in total. The zero-order valence-corrected chi connectivity index (χ0v) is 34.3. The fourth-order valence-corrected chi connectivity index (χ4v) is 10.1. The molecule has 4 aromatic carbocycles. The molecule has 0 spiro atoms. The standard InChI is InChI=1S/C49H57NO6S/c1-5-30-53-49-45(57-39-19-10-7-11-20-39)33-43(50-56-48(2,3)4)41-31-36(18-12-14-28-51)40(21-13-15-29-52)46(47(41)49)42-32-38(26-27-44(42)55-49)54-37-24-22-35(23-25-37)34-16-8-6-9-17-34/h5-11,16-17,19-20,22-27,31-32,36,40,45-47,51-52H,1,12-15,18,21,28-30,33H2,2-4H3/t36-,40+,45-,46+,47+,49+/m0/s1. The number of fused-ring (bicyclic) bond motifs is 2. The minimum Gasteiger partial charge on any atom is -0.460 e. The molecule has 300 valence electrons. The average Bonchev–Trinajstić information content (AvgIpc) is 3.22. The summed E-state index contributed by atoms with van der Waals surface area (Å²) < 4.78 is 21.0. The van der Waals surface area contributed by atoms with Gasteiger partial charge < -0.3 is 29.3 Å². The third kappa shape index (κ3) is 9.36. The van der Waals surface area contributed by atoms with Crippen molar-refractivity contribution in [3.8, 4) is 28.4 Å². The van der Waals surface area contributed by atoms with Crippen LogP contribution in [0.4, 0.5) is 0 Å². The van der Waals surface area contributed by atoms with Gasteiger partial charge in [-0.25, -0.2) is 0 Å². The highest BCUT2D eigenvalue weighted by molar-refractivity contribution is 8.00. The van der Waals surface area contributed by atoms with Crippen LogP contribution in [0, 0.1) is 17.8 Å². The zero-order chi connectivity index (χ0) is 39.8. The molecule has 0 amide bonds. The third-order valence-corrected chi connectivity index (χ3v) is 12.6. The Hall–Kier alpha value is -4.34. The quantitative estimate of drug-likeness (QED) is 0.0626. The van der Waals surface area contributed by atoms with Crippen molar-refractivity contribution >= 4 is 17.5 Å². The third-order valence-electron chi connectivity index (χ3n) is 11.3. The summed E-state index contributed by atoms with van der Waals surface area (Å²) in [7, 11) is 0. The molecular formula is C49H57NO6S. The molecular weight excluding hydrogens is 731 g/mol. The Bertz CT molecular complexity index is 1990. The SMILES string of the molecule is C=CCO[C@@]12Oc3ccc(Oc4ccc(-c5ccccc5)cc4)cc3[C@H]3[C@H](CCCCO)[C@@H](CCCCO)C=C(C(=NOC(C)(C)C)C[C@@H]1Sc1ccccc1)[C@H]32. The van der Waals surface area contributed by atoms with Crippen molar-refractivity contribution in [2.24, 2.45) is 22.9 Å². The summed E-state index contributed by atoms with van der Waals surface area (Å²) in [6.07, 6.45) is 9.93. The van der Waals surface area contributed by atoms with Gasteiger partial charge in [0.25, 0.3) is 0 Å². The highest BCUT2D eigenvalue weighted by atomic mass is 32.2. The molecule has 2 N–H and O–H groups in total. The Kier molecular flexibility index (Phi) is 13.3. The van der Waals surface area contributed by atoms with Gasteiger partial charge in [0.05, 0.1) is 23.5 Å². The number of rotatable bonds is 17. The topological polar surface area (TPSA) is 89.7 Å². The Morgan fingerprint density at radius 3 is 2.19 bits per heavy atom. The van der Waals surface area contributed by atoms with E-state index in [1.807, 2.05) is 69.3 Å². The smallest absolute Gasteiger partial charge is 0.231 e. The van der Waals surface area contributed by atoms with E-state index in [9.17, 15) is 10.2 Å². The maximum absolute atomic E-state index is 9.95. The number of hydrogen-bond acceptors (Lipinski definition) is 8. The van der Waals surface area contributed by atoms with Crippen molar-refractivity contribution in [2.45, 2.75) is 93.2 Å². The van der Waals surface area contributed by atoms with Crippen LogP contribution < -0.4 is 9.47 Å². The number of benzene rings is 4. The monoisotopic (exact) mass is 787 g/mol. The summed E-state index contributed by atoms with van der Waals surface area (Å²) in [5, 5.41) is 24.6. The van der Waals surface area contributed by atoms with E-state index in [-0.39, 0.29) is 42.1 Å². The number of oxime groups is 1. The number of thioether (sulfide) groups is 1. The largest absolute Gasteiger partial charge is 0.460 e. The maximum atomic E-state index is 9.95. The highest BCUT2D eigenvalue weighted by Gasteiger charge is 2.64. The normalized spacial score (nSPS) is 24.5. The average molecular weight is 788 g/mol. The molecule has 1 heterocycles. The first-order chi connectivity index (χ1) is 27.7. The van der Waals surface area contributed by atoms with Crippen LogP contribution in [0.3, 0.4) is 0 Å².